The minimum Gasteiger partial charge on any atom is -0.457 e. The quantitative estimate of drug-likeness (QED) is 0.190. The van der Waals surface area contributed by atoms with E-state index >= 15 is 0 Å². The molecule has 0 fully saturated rings. The molecular weight excluding hydrogens is 552 g/mol. The van der Waals surface area contributed by atoms with Crippen LogP contribution in [0.15, 0.2) is 121 Å². The van der Waals surface area contributed by atoms with Crippen molar-refractivity contribution >= 4 is 11.4 Å². The van der Waals surface area contributed by atoms with Crippen molar-refractivity contribution in [2.45, 2.75) is 33.1 Å². The van der Waals surface area contributed by atoms with Crippen molar-refractivity contribution in [1.29, 1.82) is 0 Å². The van der Waals surface area contributed by atoms with E-state index < -0.39 is 5.41 Å². The lowest BCUT2D eigenvalue weighted by molar-refractivity contribution is 0.474. The van der Waals surface area contributed by atoms with E-state index in [0.717, 1.165) is 45.3 Å². The highest BCUT2D eigenvalue weighted by Gasteiger charge is 2.46. The van der Waals surface area contributed by atoms with Crippen LogP contribution in [0.2, 0.25) is 0 Å². The Morgan fingerprint density at radius 3 is 1.27 bits per heavy atom. The number of aryl methyl sites for hydroxylation is 4. The van der Waals surface area contributed by atoms with Crippen LogP contribution in [-0.4, -0.2) is 0 Å². The molecule has 6 aromatic carbocycles. The van der Waals surface area contributed by atoms with E-state index in [1.54, 1.807) is 0 Å². The Hall–Kier alpha value is -5.48. The minimum atomic E-state index is -0.542. The largest absolute Gasteiger partial charge is 0.457 e. The first-order chi connectivity index (χ1) is 21.8. The number of fused-ring (bicyclic) bond motifs is 3. The number of hydrogen-bond acceptors (Lipinski definition) is 4. The van der Waals surface area contributed by atoms with Crippen LogP contribution < -0.4 is 20.9 Å². The molecule has 0 bridgehead atoms. The predicted octanol–water partition coefficient (Wildman–Crippen LogP) is 10.0. The molecule has 6 aromatic rings. The molecule has 45 heavy (non-hydrogen) atoms. The molecule has 4 heteroatoms. The van der Waals surface area contributed by atoms with Crippen molar-refractivity contribution in [2.24, 2.45) is 0 Å². The molecule has 1 aliphatic rings. The zero-order valence-electron chi connectivity index (χ0n) is 26.0. The number of ether oxygens (including phenoxy) is 2. The van der Waals surface area contributed by atoms with Gasteiger partial charge in [-0.3, -0.25) is 0 Å². The third-order valence-electron chi connectivity index (χ3n) is 9.03. The summed E-state index contributed by atoms with van der Waals surface area (Å²) in [4.78, 5) is 0. The van der Waals surface area contributed by atoms with Crippen LogP contribution in [0.4, 0.5) is 11.4 Å². The predicted molar refractivity (Wildman–Crippen MR) is 185 cm³/mol. The van der Waals surface area contributed by atoms with E-state index in [1.807, 2.05) is 50.2 Å². The number of benzene rings is 6. The summed E-state index contributed by atoms with van der Waals surface area (Å²) in [6.45, 7) is 8.28. The molecule has 7 rings (SSSR count). The summed E-state index contributed by atoms with van der Waals surface area (Å²) in [7, 11) is 0. The average Bonchev–Trinajstić information content (AvgIpc) is 3.34. The Bertz CT molecular complexity index is 1940. The molecule has 0 atom stereocenters. The van der Waals surface area contributed by atoms with Gasteiger partial charge in [0.05, 0.1) is 5.41 Å². The van der Waals surface area contributed by atoms with Gasteiger partial charge in [-0.2, -0.15) is 0 Å². The van der Waals surface area contributed by atoms with Crippen LogP contribution in [0.1, 0.15) is 44.5 Å². The monoisotopic (exact) mass is 588 g/mol. The molecule has 0 radical (unpaired) electrons. The van der Waals surface area contributed by atoms with E-state index in [1.165, 1.54) is 33.4 Å². The van der Waals surface area contributed by atoms with Crippen LogP contribution in [0.3, 0.4) is 0 Å². The molecule has 4 nitrogen and oxygen atoms in total. The molecule has 0 unspecified atom stereocenters. The second-order valence-electron chi connectivity index (χ2n) is 12.1. The lowest BCUT2D eigenvalue weighted by Gasteiger charge is -2.34. The average molecular weight is 589 g/mol. The fraction of sp³-hybridized carbons (Fsp3) is 0.122. The van der Waals surface area contributed by atoms with Crippen molar-refractivity contribution < 1.29 is 9.47 Å². The SMILES string of the molecule is Cc1cc(C2(c3ccc(Oc4cc(N)ccc4C)c(C)c3)c3ccccc3-c3ccccc32)ccc1Oc1cc(N)ccc1C. The molecule has 4 N–H and O–H groups in total. The molecule has 222 valence electrons. The molecule has 0 saturated carbocycles. The lowest BCUT2D eigenvalue weighted by atomic mass is 9.67. The van der Waals surface area contributed by atoms with Gasteiger partial charge in [-0.1, -0.05) is 84.9 Å². The van der Waals surface area contributed by atoms with Crippen molar-refractivity contribution in [3.63, 3.8) is 0 Å². The summed E-state index contributed by atoms with van der Waals surface area (Å²) < 4.78 is 12.8. The highest BCUT2D eigenvalue weighted by atomic mass is 16.5. The maximum absolute atomic E-state index is 6.42. The van der Waals surface area contributed by atoms with Crippen molar-refractivity contribution in [3.8, 4) is 34.1 Å². The van der Waals surface area contributed by atoms with E-state index in [2.05, 4.69) is 98.8 Å². The summed E-state index contributed by atoms with van der Waals surface area (Å²) in [6.07, 6.45) is 0. The van der Waals surface area contributed by atoms with Crippen LogP contribution >= 0.6 is 0 Å². The molecule has 0 saturated heterocycles. The number of nitrogens with two attached hydrogens (primary N) is 2. The zero-order chi connectivity index (χ0) is 31.3. The van der Waals surface area contributed by atoms with Gasteiger partial charge < -0.3 is 20.9 Å². The normalized spacial score (nSPS) is 12.8. The summed E-state index contributed by atoms with van der Waals surface area (Å²) in [5.74, 6) is 3.14. The second-order valence-corrected chi connectivity index (χ2v) is 12.1. The van der Waals surface area contributed by atoms with Gasteiger partial charge >= 0.3 is 0 Å². The molecule has 0 aliphatic heterocycles. The Morgan fingerprint density at radius 2 is 0.844 bits per heavy atom. The lowest BCUT2D eigenvalue weighted by Crippen LogP contribution is -2.28. The first kappa shape index (κ1) is 28.3. The summed E-state index contributed by atoms with van der Waals surface area (Å²) >= 11 is 0. The first-order valence-corrected chi connectivity index (χ1v) is 15.3. The van der Waals surface area contributed by atoms with Gasteiger partial charge in [0.2, 0.25) is 0 Å². The van der Waals surface area contributed by atoms with Crippen molar-refractivity contribution in [1.82, 2.24) is 0 Å². The highest BCUT2D eigenvalue weighted by molar-refractivity contribution is 5.86. The Balaban J connectivity index is 1.40. The summed E-state index contributed by atoms with van der Waals surface area (Å²) in [5, 5.41) is 0. The van der Waals surface area contributed by atoms with E-state index in [9.17, 15) is 0 Å². The van der Waals surface area contributed by atoms with E-state index in [-0.39, 0.29) is 0 Å². The molecule has 0 heterocycles. The Morgan fingerprint density at radius 1 is 0.422 bits per heavy atom. The maximum Gasteiger partial charge on any atom is 0.132 e. The second kappa shape index (κ2) is 10.9. The van der Waals surface area contributed by atoms with Gasteiger partial charge in [-0.25, -0.2) is 0 Å². The van der Waals surface area contributed by atoms with Gasteiger partial charge in [-0.15, -0.1) is 0 Å². The van der Waals surface area contributed by atoms with Crippen LogP contribution in [0.25, 0.3) is 11.1 Å². The molecule has 0 amide bonds. The van der Waals surface area contributed by atoms with Crippen molar-refractivity contribution in [3.05, 3.63) is 166 Å². The molecular formula is C41H36N2O2. The minimum absolute atomic E-state index is 0.542. The first-order valence-electron chi connectivity index (χ1n) is 15.3. The number of nitrogen functional groups attached to an aromatic ring is 2. The van der Waals surface area contributed by atoms with E-state index in [4.69, 9.17) is 20.9 Å². The molecule has 1 aliphatic carbocycles. The number of hydrogen-bond donors (Lipinski definition) is 2. The standard InChI is InChI=1S/C41H36N2O2/c1-25-13-17-31(42)23-39(25)44-37-19-15-29(21-27(37)3)41(35-11-7-5-9-33(35)34-10-6-8-12-36(34)41)30-16-20-38(28(4)22-30)45-40-24-32(43)18-14-26(40)2/h5-24H,42-43H2,1-4H3. The van der Waals surface area contributed by atoms with Gasteiger partial charge in [0.15, 0.2) is 0 Å². The van der Waals surface area contributed by atoms with Crippen molar-refractivity contribution in [2.75, 3.05) is 11.5 Å². The van der Waals surface area contributed by atoms with Crippen LogP contribution in [0.5, 0.6) is 23.0 Å². The van der Waals surface area contributed by atoms with Crippen LogP contribution in [0, 0.1) is 27.7 Å². The fourth-order valence-electron chi connectivity index (χ4n) is 6.71. The maximum atomic E-state index is 6.42. The summed E-state index contributed by atoms with van der Waals surface area (Å²) in [6, 6.07) is 42.2. The molecule has 0 spiro atoms. The number of rotatable bonds is 6. The smallest absolute Gasteiger partial charge is 0.132 e. The van der Waals surface area contributed by atoms with Crippen LogP contribution in [-0.2, 0) is 5.41 Å². The fourth-order valence-corrected chi connectivity index (χ4v) is 6.71. The third kappa shape index (κ3) is 4.70. The molecule has 0 aromatic heterocycles. The van der Waals surface area contributed by atoms with Gasteiger partial charge in [-0.05, 0) is 108 Å². The Labute approximate surface area is 264 Å². The zero-order valence-corrected chi connectivity index (χ0v) is 26.0. The topological polar surface area (TPSA) is 70.5 Å². The van der Waals surface area contributed by atoms with Gasteiger partial charge in [0, 0.05) is 23.5 Å². The highest BCUT2D eigenvalue weighted by Crippen LogP contribution is 2.56. The Kier molecular flexibility index (Phi) is 6.86. The number of anilines is 2. The van der Waals surface area contributed by atoms with Gasteiger partial charge in [0.25, 0.3) is 0 Å². The summed E-state index contributed by atoms with van der Waals surface area (Å²) in [5.41, 5.74) is 24.5. The third-order valence-corrected chi connectivity index (χ3v) is 9.03. The van der Waals surface area contributed by atoms with E-state index in [0.29, 0.717) is 11.4 Å². The van der Waals surface area contributed by atoms with Gasteiger partial charge in [0.1, 0.15) is 23.0 Å².